The second kappa shape index (κ2) is 6.65. The summed E-state index contributed by atoms with van der Waals surface area (Å²) in [7, 11) is 0. The molecule has 4 heteroatoms. The molecule has 4 nitrogen and oxygen atoms in total. The summed E-state index contributed by atoms with van der Waals surface area (Å²) in [6.07, 6.45) is 5.76. The van der Waals surface area contributed by atoms with Crippen molar-refractivity contribution in [1.29, 1.82) is 0 Å². The number of rotatable bonds is 4. The number of benzene rings is 1. The topological polar surface area (TPSA) is 21.5 Å². The molecule has 1 aliphatic heterocycles. The normalized spacial score (nSPS) is 18.2. The first-order valence-corrected chi connectivity index (χ1v) is 8.85. The van der Waals surface area contributed by atoms with Crippen molar-refractivity contribution in [3.63, 3.8) is 0 Å². The summed E-state index contributed by atoms with van der Waals surface area (Å²) in [5.41, 5.74) is 3.62. The fourth-order valence-electron chi connectivity index (χ4n) is 3.58. The first-order valence-electron chi connectivity index (χ1n) is 8.85. The van der Waals surface area contributed by atoms with Crippen LogP contribution in [0.5, 0.6) is 0 Å². The van der Waals surface area contributed by atoms with Crippen LogP contribution in [0.25, 0.3) is 16.8 Å². The molecular formula is C20H24N3O+. The lowest BCUT2D eigenvalue weighted by atomic mass is 10.1. The van der Waals surface area contributed by atoms with Crippen LogP contribution < -0.4 is 9.52 Å². The van der Waals surface area contributed by atoms with E-state index in [9.17, 15) is 0 Å². The number of aromatic nitrogens is 2. The van der Waals surface area contributed by atoms with Gasteiger partial charge in [-0.1, -0.05) is 41.2 Å². The Balaban J connectivity index is 1.89. The van der Waals surface area contributed by atoms with Crippen LogP contribution in [-0.2, 0) is 4.74 Å². The Morgan fingerprint density at radius 3 is 2.75 bits per heavy atom. The Labute approximate surface area is 142 Å². The Bertz CT molecular complexity index is 810. The van der Waals surface area contributed by atoms with E-state index < -0.39 is 0 Å². The number of nitrogens with zero attached hydrogens (tertiary/aromatic N) is 3. The highest BCUT2D eigenvalue weighted by molar-refractivity contribution is 5.64. The van der Waals surface area contributed by atoms with Crippen molar-refractivity contribution in [3.8, 4) is 11.3 Å². The molecule has 3 heterocycles. The number of fused-ring (bicyclic) bond motifs is 1. The molecule has 124 valence electrons. The third kappa shape index (κ3) is 2.67. The van der Waals surface area contributed by atoms with Crippen molar-refractivity contribution in [2.45, 2.75) is 32.4 Å². The molecule has 1 unspecified atom stereocenters. The van der Waals surface area contributed by atoms with Gasteiger partial charge in [0.15, 0.2) is 5.52 Å². The van der Waals surface area contributed by atoms with Gasteiger partial charge < -0.3 is 4.74 Å². The Morgan fingerprint density at radius 1 is 1.08 bits per heavy atom. The summed E-state index contributed by atoms with van der Waals surface area (Å²) in [4.78, 5) is 2.30. The highest BCUT2D eigenvalue weighted by Crippen LogP contribution is 2.24. The highest BCUT2D eigenvalue weighted by Gasteiger charge is 2.33. The predicted molar refractivity (Wildman–Crippen MR) is 95.4 cm³/mol. The van der Waals surface area contributed by atoms with Gasteiger partial charge in [0.2, 0.25) is 6.23 Å². The molecule has 0 saturated carbocycles. The van der Waals surface area contributed by atoms with Crippen LogP contribution in [0.15, 0.2) is 60.8 Å². The highest BCUT2D eigenvalue weighted by atomic mass is 16.5. The SMILES string of the molecule is CCOC1CCCCN1n1c(-c2ccccc2)cc2cccc[n+]21. The summed E-state index contributed by atoms with van der Waals surface area (Å²) in [6.45, 7) is 3.83. The van der Waals surface area contributed by atoms with Crippen LogP contribution in [0.1, 0.15) is 26.2 Å². The number of hydrogen-bond acceptors (Lipinski definition) is 2. The van der Waals surface area contributed by atoms with Gasteiger partial charge >= 0.3 is 0 Å². The van der Waals surface area contributed by atoms with E-state index in [0.717, 1.165) is 19.6 Å². The Kier molecular flexibility index (Phi) is 4.22. The van der Waals surface area contributed by atoms with Gasteiger partial charge in [0.25, 0.3) is 0 Å². The standard InChI is InChI=1S/C20H24N3O/c1-2-24-20-13-7-9-15-22(20)23-19(17-10-4-3-5-11-17)16-18-12-6-8-14-21(18)23/h3-6,8,10-12,14,16,20H,2,7,9,13,15H2,1H3/q+1. The predicted octanol–water partition coefficient (Wildman–Crippen LogP) is 3.38. The van der Waals surface area contributed by atoms with E-state index in [4.69, 9.17) is 4.74 Å². The van der Waals surface area contributed by atoms with Gasteiger partial charge in [0.1, 0.15) is 18.4 Å². The molecule has 1 fully saturated rings. The molecule has 0 spiro atoms. The lowest BCUT2D eigenvalue weighted by molar-refractivity contribution is -0.610. The summed E-state index contributed by atoms with van der Waals surface area (Å²) in [5.74, 6) is 0. The van der Waals surface area contributed by atoms with Crippen LogP contribution in [-0.4, -0.2) is 24.2 Å². The Morgan fingerprint density at radius 2 is 1.92 bits per heavy atom. The minimum absolute atomic E-state index is 0.134. The van der Waals surface area contributed by atoms with Gasteiger partial charge in [0.05, 0.1) is 0 Å². The zero-order chi connectivity index (χ0) is 16.4. The number of piperidine rings is 1. The first kappa shape index (κ1) is 15.2. The molecule has 1 atom stereocenters. The van der Waals surface area contributed by atoms with E-state index in [1.807, 2.05) is 0 Å². The average molecular weight is 322 g/mol. The summed E-state index contributed by atoms with van der Waals surface area (Å²) < 4.78 is 8.27. The summed E-state index contributed by atoms with van der Waals surface area (Å²) in [5, 5.41) is 2.38. The third-order valence-electron chi connectivity index (χ3n) is 4.67. The second-order valence-corrected chi connectivity index (χ2v) is 6.22. The smallest absolute Gasteiger partial charge is 0.216 e. The quantitative estimate of drug-likeness (QED) is 0.687. The molecule has 4 rings (SSSR count). The minimum Gasteiger partial charge on any atom is -0.338 e. The molecule has 1 aromatic carbocycles. The van der Waals surface area contributed by atoms with Gasteiger partial charge in [0, 0.05) is 24.7 Å². The molecule has 0 amide bonds. The van der Waals surface area contributed by atoms with Crippen LogP contribution in [0.2, 0.25) is 0 Å². The largest absolute Gasteiger partial charge is 0.338 e. The molecule has 0 aliphatic carbocycles. The number of pyridine rings is 1. The van der Waals surface area contributed by atoms with Gasteiger partial charge in [-0.3, -0.25) is 0 Å². The van der Waals surface area contributed by atoms with Crippen LogP contribution in [0, 0.1) is 0 Å². The molecule has 24 heavy (non-hydrogen) atoms. The molecule has 0 N–H and O–H groups in total. The monoisotopic (exact) mass is 322 g/mol. The van der Waals surface area contributed by atoms with E-state index in [1.165, 1.54) is 29.6 Å². The minimum atomic E-state index is 0.134. The van der Waals surface area contributed by atoms with Gasteiger partial charge in [-0.05, 0) is 31.9 Å². The fraction of sp³-hybridized carbons (Fsp3) is 0.350. The molecule has 0 radical (unpaired) electrons. The lowest BCUT2D eigenvalue weighted by Gasteiger charge is -2.31. The van der Waals surface area contributed by atoms with Crippen LogP contribution in [0.3, 0.4) is 0 Å². The molecule has 3 aromatic rings. The fourth-order valence-corrected chi connectivity index (χ4v) is 3.58. The Hall–Kier alpha value is -2.33. The van der Waals surface area contributed by atoms with E-state index in [1.54, 1.807) is 0 Å². The van der Waals surface area contributed by atoms with Crippen molar-refractivity contribution in [1.82, 2.24) is 4.79 Å². The third-order valence-corrected chi connectivity index (χ3v) is 4.67. The zero-order valence-electron chi connectivity index (χ0n) is 14.1. The lowest BCUT2D eigenvalue weighted by Crippen LogP contribution is -2.56. The average Bonchev–Trinajstić information content (AvgIpc) is 3.03. The molecule has 0 bridgehead atoms. The van der Waals surface area contributed by atoms with Crippen LogP contribution in [0.4, 0.5) is 0 Å². The van der Waals surface area contributed by atoms with E-state index in [2.05, 4.69) is 82.0 Å². The first-order chi connectivity index (χ1) is 11.9. The second-order valence-electron chi connectivity index (χ2n) is 6.22. The van der Waals surface area contributed by atoms with E-state index in [-0.39, 0.29) is 6.23 Å². The maximum Gasteiger partial charge on any atom is 0.216 e. The molecule has 1 saturated heterocycles. The van der Waals surface area contributed by atoms with Gasteiger partial charge in [-0.25, -0.2) is 0 Å². The van der Waals surface area contributed by atoms with Crippen molar-refractivity contribution in [3.05, 3.63) is 60.8 Å². The molecule has 1 aliphatic rings. The number of ether oxygens (including phenoxy) is 1. The summed E-state index contributed by atoms with van der Waals surface area (Å²) in [6, 6.07) is 19.2. The van der Waals surface area contributed by atoms with E-state index in [0.29, 0.717) is 0 Å². The molecular weight excluding hydrogens is 298 g/mol. The maximum atomic E-state index is 6.05. The van der Waals surface area contributed by atoms with Crippen molar-refractivity contribution < 1.29 is 9.25 Å². The van der Waals surface area contributed by atoms with Crippen LogP contribution >= 0.6 is 0 Å². The van der Waals surface area contributed by atoms with Crippen molar-refractivity contribution in [2.24, 2.45) is 0 Å². The summed E-state index contributed by atoms with van der Waals surface area (Å²) >= 11 is 0. The van der Waals surface area contributed by atoms with Crippen molar-refractivity contribution in [2.75, 3.05) is 18.2 Å². The van der Waals surface area contributed by atoms with Crippen molar-refractivity contribution >= 4 is 5.52 Å². The zero-order valence-corrected chi connectivity index (χ0v) is 14.1. The van der Waals surface area contributed by atoms with Gasteiger partial charge in [-0.15, -0.1) is 4.52 Å². The number of hydrogen-bond donors (Lipinski definition) is 0. The molecule has 2 aromatic heterocycles. The van der Waals surface area contributed by atoms with Gasteiger partial charge in [-0.2, -0.15) is 5.01 Å². The maximum absolute atomic E-state index is 6.05. The van der Waals surface area contributed by atoms with E-state index >= 15 is 0 Å².